The molecule has 0 unspecified atom stereocenters. The van der Waals surface area contributed by atoms with Crippen molar-refractivity contribution in [3.05, 3.63) is 0 Å². The monoisotopic (exact) mass is 628 g/mol. The van der Waals surface area contributed by atoms with E-state index in [9.17, 15) is 0 Å². The van der Waals surface area contributed by atoms with E-state index in [2.05, 4.69) is 0 Å². The maximum Gasteiger partial charge on any atom is 0.187 e. The summed E-state index contributed by atoms with van der Waals surface area (Å²) < 4.78 is 89.5. The molecule has 3 rings (SSSR count). The van der Waals surface area contributed by atoms with Crippen LogP contribution in [0.5, 0.6) is 0 Å². The summed E-state index contributed by atoms with van der Waals surface area (Å²) in [6.07, 6.45) is -9.95. The lowest BCUT2D eigenvalue weighted by Crippen LogP contribution is -2.68. The van der Waals surface area contributed by atoms with Gasteiger partial charge in [-0.2, -0.15) is 0 Å². The fourth-order valence-electron chi connectivity index (χ4n) is 6.26. The maximum absolute atomic E-state index is 6.72. The van der Waals surface area contributed by atoms with Crippen molar-refractivity contribution in [1.82, 2.24) is 0 Å². The molecule has 3 fully saturated rings. The Hall–Kier alpha value is -0.600. The standard InChI is InChI=1S/C28H52O15/c1-14-17(31-4)20(33-6)23(35-8)27(39-14)43-22-19(16(13-30-3)40-26(38-11)25(22)37-10)42-28-24(36-9)21(34-7)18(32-5)15(41-28)12-29-2/h14-28H,12-13H2,1-11H3/t14-,15+,16+,17+,18-,19+,20+,21-,22-,23-,24+,25+,26-,27-,28+/m0/s1. The van der Waals surface area contributed by atoms with Crippen molar-refractivity contribution in [3.63, 3.8) is 0 Å². The highest BCUT2D eigenvalue weighted by atomic mass is 16.8. The van der Waals surface area contributed by atoms with Crippen LogP contribution in [0.1, 0.15) is 6.92 Å². The second-order valence-electron chi connectivity index (χ2n) is 10.5. The van der Waals surface area contributed by atoms with Gasteiger partial charge in [0.15, 0.2) is 18.9 Å². The van der Waals surface area contributed by atoms with Crippen molar-refractivity contribution in [2.75, 3.05) is 84.3 Å². The molecule has 0 aromatic rings. The topological polar surface area (TPSA) is 138 Å². The Labute approximate surface area is 254 Å². The first-order chi connectivity index (χ1) is 20.8. The molecule has 15 heteroatoms. The molecule has 43 heavy (non-hydrogen) atoms. The van der Waals surface area contributed by atoms with Gasteiger partial charge < -0.3 is 71.1 Å². The summed E-state index contributed by atoms with van der Waals surface area (Å²) in [6.45, 7) is 2.25. The highest BCUT2D eigenvalue weighted by Gasteiger charge is 2.56. The largest absolute Gasteiger partial charge is 0.382 e. The molecule has 0 saturated carbocycles. The molecule has 0 aromatic carbocycles. The Morgan fingerprint density at radius 1 is 0.372 bits per heavy atom. The molecule has 0 aromatic heterocycles. The minimum absolute atomic E-state index is 0.142. The second-order valence-corrected chi connectivity index (χ2v) is 10.5. The summed E-state index contributed by atoms with van der Waals surface area (Å²) in [5, 5.41) is 0. The summed E-state index contributed by atoms with van der Waals surface area (Å²) >= 11 is 0. The lowest BCUT2D eigenvalue weighted by molar-refractivity contribution is -0.389. The zero-order valence-corrected chi connectivity index (χ0v) is 27.2. The van der Waals surface area contributed by atoms with Gasteiger partial charge in [-0.1, -0.05) is 0 Å². The summed E-state index contributed by atoms with van der Waals surface area (Å²) in [6, 6.07) is 0. The van der Waals surface area contributed by atoms with Gasteiger partial charge in [0.05, 0.1) is 19.3 Å². The van der Waals surface area contributed by atoms with Crippen molar-refractivity contribution in [2.45, 2.75) is 99.0 Å². The van der Waals surface area contributed by atoms with Gasteiger partial charge in [0.1, 0.15) is 67.1 Å². The molecule has 0 N–H and O–H groups in total. The molecule has 0 radical (unpaired) electrons. The van der Waals surface area contributed by atoms with E-state index in [1.54, 1.807) is 56.9 Å². The molecule has 0 bridgehead atoms. The van der Waals surface area contributed by atoms with Crippen LogP contribution in [0.25, 0.3) is 0 Å². The van der Waals surface area contributed by atoms with Gasteiger partial charge in [0.25, 0.3) is 0 Å². The van der Waals surface area contributed by atoms with Crippen LogP contribution in [0.4, 0.5) is 0 Å². The van der Waals surface area contributed by atoms with Gasteiger partial charge in [0, 0.05) is 71.1 Å². The highest BCUT2D eigenvalue weighted by molar-refractivity contribution is 4.98. The third-order valence-corrected chi connectivity index (χ3v) is 8.29. The van der Waals surface area contributed by atoms with Gasteiger partial charge in [-0.15, -0.1) is 0 Å². The Morgan fingerprint density at radius 2 is 0.767 bits per heavy atom. The molecule has 3 aliphatic heterocycles. The molecule has 3 heterocycles. The average molecular weight is 629 g/mol. The van der Waals surface area contributed by atoms with E-state index in [0.717, 1.165) is 0 Å². The minimum atomic E-state index is -0.953. The third kappa shape index (κ3) is 8.04. The van der Waals surface area contributed by atoms with E-state index in [1.807, 2.05) is 6.92 Å². The zero-order chi connectivity index (χ0) is 31.7. The molecule has 0 spiro atoms. The van der Waals surface area contributed by atoms with E-state index in [-0.39, 0.29) is 19.3 Å². The minimum Gasteiger partial charge on any atom is -0.382 e. The van der Waals surface area contributed by atoms with Gasteiger partial charge in [0.2, 0.25) is 0 Å². The number of hydrogen-bond donors (Lipinski definition) is 0. The van der Waals surface area contributed by atoms with Crippen LogP contribution < -0.4 is 0 Å². The van der Waals surface area contributed by atoms with Crippen molar-refractivity contribution in [3.8, 4) is 0 Å². The number of hydrogen-bond acceptors (Lipinski definition) is 15. The van der Waals surface area contributed by atoms with Crippen molar-refractivity contribution in [2.24, 2.45) is 0 Å². The first-order valence-corrected chi connectivity index (χ1v) is 14.3. The van der Waals surface area contributed by atoms with Gasteiger partial charge in [-0.3, -0.25) is 0 Å². The number of ether oxygens (including phenoxy) is 15. The quantitative estimate of drug-likeness (QED) is 0.226. The summed E-state index contributed by atoms with van der Waals surface area (Å²) in [4.78, 5) is 0. The third-order valence-electron chi connectivity index (χ3n) is 8.29. The molecule has 15 nitrogen and oxygen atoms in total. The Kier molecular flexibility index (Phi) is 15.4. The molecule has 3 saturated heterocycles. The lowest BCUT2D eigenvalue weighted by atomic mass is 9.95. The van der Waals surface area contributed by atoms with Crippen LogP contribution in [0.15, 0.2) is 0 Å². The van der Waals surface area contributed by atoms with E-state index < -0.39 is 86.0 Å². The molecule has 15 atom stereocenters. The summed E-state index contributed by atoms with van der Waals surface area (Å²) in [5.41, 5.74) is 0. The van der Waals surface area contributed by atoms with Gasteiger partial charge in [-0.05, 0) is 6.92 Å². The van der Waals surface area contributed by atoms with E-state index in [0.29, 0.717) is 0 Å². The van der Waals surface area contributed by atoms with Gasteiger partial charge in [-0.25, -0.2) is 0 Å². The first kappa shape index (κ1) is 36.9. The van der Waals surface area contributed by atoms with Crippen LogP contribution in [-0.4, -0.2) is 176 Å². The number of rotatable bonds is 16. The SMILES string of the molecule is COC[C@H]1O[C@H](O[C@H]2[C@H](O[C@@H]3O[C@@H](C)[C@@H](OC)[C@@H](OC)[C@@H]3OC)[C@@H](OC)[C@@H](OC)O[C@@H]2COC)[C@H](OC)[C@@H](OC)[C@H]1OC. The predicted octanol–water partition coefficient (Wildman–Crippen LogP) is -0.00440. The van der Waals surface area contributed by atoms with Crippen LogP contribution in [0, 0.1) is 0 Å². The maximum atomic E-state index is 6.72. The van der Waals surface area contributed by atoms with E-state index in [4.69, 9.17) is 71.1 Å². The average Bonchev–Trinajstić information content (AvgIpc) is 3.01. The summed E-state index contributed by atoms with van der Waals surface area (Å²) in [7, 11) is 15.7. The van der Waals surface area contributed by atoms with Crippen LogP contribution >= 0.6 is 0 Å². The number of methoxy groups -OCH3 is 10. The lowest BCUT2D eigenvalue weighted by Gasteiger charge is -2.51. The second kappa shape index (κ2) is 17.9. The fourth-order valence-corrected chi connectivity index (χ4v) is 6.26. The van der Waals surface area contributed by atoms with E-state index >= 15 is 0 Å². The van der Waals surface area contributed by atoms with Crippen LogP contribution in [0.2, 0.25) is 0 Å². The summed E-state index contributed by atoms with van der Waals surface area (Å²) in [5.74, 6) is 0. The van der Waals surface area contributed by atoms with Crippen LogP contribution in [-0.2, 0) is 71.1 Å². The molecule has 3 aliphatic rings. The smallest absolute Gasteiger partial charge is 0.187 e. The van der Waals surface area contributed by atoms with E-state index in [1.165, 1.54) is 14.2 Å². The van der Waals surface area contributed by atoms with Crippen molar-refractivity contribution in [1.29, 1.82) is 0 Å². The highest BCUT2D eigenvalue weighted by Crippen LogP contribution is 2.36. The van der Waals surface area contributed by atoms with Crippen molar-refractivity contribution >= 4 is 0 Å². The molecule has 254 valence electrons. The fraction of sp³-hybridized carbons (Fsp3) is 1.00. The van der Waals surface area contributed by atoms with Crippen LogP contribution in [0.3, 0.4) is 0 Å². The Morgan fingerprint density at radius 3 is 1.23 bits per heavy atom. The van der Waals surface area contributed by atoms with Gasteiger partial charge >= 0.3 is 0 Å². The first-order valence-electron chi connectivity index (χ1n) is 14.3. The predicted molar refractivity (Wildman–Crippen MR) is 148 cm³/mol. The Balaban J connectivity index is 2.01. The molecular formula is C28H52O15. The molecular weight excluding hydrogens is 576 g/mol. The van der Waals surface area contributed by atoms with Crippen molar-refractivity contribution < 1.29 is 71.1 Å². The zero-order valence-electron chi connectivity index (χ0n) is 27.2. The normalized spacial score (nSPS) is 44.0. The molecule has 0 aliphatic carbocycles. The molecule has 0 amide bonds. The Bertz CT molecular complexity index is 778.